The Morgan fingerprint density at radius 1 is 1.00 bits per heavy atom. The maximum Gasteiger partial charge on any atom is 0.227 e. The van der Waals surface area contributed by atoms with Gasteiger partial charge in [-0.15, -0.1) is 0 Å². The summed E-state index contributed by atoms with van der Waals surface area (Å²) in [4.78, 5) is 31.0. The van der Waals surface area contributed by atoms with E-state index in [1.807, 2.05) is 17.0 Å². The van der Waals surface area contributed by atoms with E-state index in [9.17, 15) is 9.59 Å². The van der Waals surface area contributed by atoms with E-state index in [0.29, 0.717) is 13.1 Å². The Kier molecular flexibility index (Phi) is 7.29. The molecule has 3 aromatic rings. The van der Waals surface area contributed by atoms with Gasteiger partial charge in [-0.2, -0.15) is 4.37 Å². The molecular weight excluding hydrogens is 458 g/mol. The van der Waals surface area contributed by atoms with Crippen molar-refractivity contribution in [2.45, 2.75) is 26.2 Å². The van der Waals surface area contributed by atoms with Crippen LogP contribution in [0.4, 0.5) is 11.5 Å². The maximum absolute atomic E-state index is 12.7. The summed E-state index contributed by atoms with van der Waals surface area (Å²) in [5, 5.41) is 4.36. The van der Waals surface area contributed by atoms with Crippen molar-refractivity contribution in [2.24, 2.45) is 5.92 Å². The van der Waals surface area contributed by atoms with Crippen LogP contribution in [0, 0.1) is 5.92 Å². The normalized spacial score (nSPS) is 17.6. The van der Waals surface area contributed by atoms with Crippen LogP contribution < -0.4 is 10.2 Å². The van der Waals surface area contributed by atoms with Gasteiger partial charge in [0.25, 0.3) is 0 Å². The van der Waals surface area contributed by atoms with E-state index in [0.717, 1.165) is 63.5 Å². The lowest BCUT2D eigenvalue weighted by molar-refractivity contribution is -0.132. The van der Waals surface area contributed by atoms with Crippen molar-refractivity contribution in [3.05, 3.63) is 54.1 Å². The molecule has 0 radical (unpaired) electrons. The molecule has 35 heavy (non-hydrogen) atoms. The molecule has 2 aromatic carbocycles. The first-order valence-electron chi connectivity index (χ1n) is 12.5. The van der Waals surface area contributed by atoms with E-state index < -0.39 is 0 Å². The smallest absolute Gasteiger partial charge is 0.227 e. The van der Waals surface area contributed by atoms with Crippen LogP contribution >= 0.6 is 11.5 Å². The number of hydrogen-bond donors (Lipinski definition) is 1. The molecule has 2 amide bonds. The lowest BCUT2D eigenvalue weighted by atomic mass is 9.95. The van der Waals surface area contributed by atoms with Crippen LogP contribution in [-0.4, -0.2) is 71.8 Å². The lowest BCUT2D eigenvalue weighted by Crippen LogP contribution is -2.47. The molecule has 5 rings (SSSR count). The number of amides is 2. The van der Waals surface area contributed by atoms with Crippen LogP contribution in [0.2, 0.25) is 0 Å². The zero-order valence-electron chi connectivity index (χ0n) is 20.3. The van der Waals surface area contributed by atoms with Crippen LogP contribution in [0.25, 0.3) is 10.1 Å². The first-order chi connectivity index (χ1) is 17.1. The minimum absolute atomic E-state index is 0.0274. The summed E-state index contributed by atoms with van der Waals surface area (Å²) in [6, 6.07) is 16.7. The maximum atomic E-state index is 12.7. The predicted octanol–water partition coefficient (Wildman–Crippen LogP) is 3.86. The van der Waals surface area contributed by atoms with E-state index in [1.165, 1.54) is 15.6 Å². The highest BCUT2D eigenvalue weighted by Crippen LogP contribution is 2.30. The summed E-state index contributed by atoms with van der Waals surface area (Å²) in [6.45, 7) is 7.97. The molecule has 3 heterocycles. The van der Waals surface area contributed by atoms with E-state index in [4.69, 9.17) is 4.37 Å². The van der Waals surface area contributed by atoms with Crippen LogP contribution in [0.1, 0.15) is 25.3 Å². The number of carbonyl (C=O) groups is 2. The van der Waals surface area contributed by atoms with Gasteiger partial charge < -0.3 is 15.1 Å². The molecule has 2 aliphatic rings. The number of carbonyl (C=O) groups excluding carboxylic acids is 2. The van der Waals surface area contributed by atoms with E-state index in [1.54, 1.807) is 18.5 Å². The molecule has 2 fully saturated rings. The number of likely N-dealkylation sites (tertiary alicyclic amines) is 1. The van der Waals surface area contributed by atoms with Gasteiger partial charge in [0.1, 0.15) is 5.82 Å². The second-order valence-corrected chi connectivity index (χ2v) is 10.4. The van der Waals surface area contributed by atoms with Gasteiger partial charge in [-0.1, -0.05) is 24.3 Å². The fraction of sp³-hybridized carbons (Fsp3) is 0.444. The highest BCUT2D eigenvalue weighted by Gasteiger charge is 2.26. The topological polar surface area (TPSA) is 68.8 Å². The number of piperidine rings is 1. The molecule has 0 atom stereocenters. The molecule has 0 aliphatic carbocycles. The fourth-order valence-electron chi connectivity index (χ4n) is 5.08. The minimum Gasteiger partial charge on any atom is -0.353 e. The van der Waals surface area contributed by atoms with Gasteiger partial charge >= 0.3 is 0 Å². The number of rotatable bonds is 6. The molecule has 1 aromatic heterocycles. The van der Waals surface area contributed by atoms with Crippen LogP contribution in [0.3, 0.4) is 0 Å². The summed E-state index contributed by atoms with van der Waals surface area (Å²) >= 11 is 1.58. The highest BCUT2D eigenvalue weighted by molar-refractivity contribution is 7.13. The van der Waals surface area contributed by atoms with Crippen molar-refractivity contribution in [2.75, 3.05) is 56.0 Å². The summed E-state index contributed by atoms with van der Waals surface area (Å²) in [7, 11) is 0. The quantitative estimate of drug-likeness (QED) is 0.567. The van der Waals surface area contributed by atoms with Crippen LogP contribution in [-0.2, 0) is 16.0 Å². The Balaban J connectivity index is 1.09. The molecule has 184 valence electrons. The molecule has 1 N–H and O–H groups in total. The molecule has 0 bridgehead atoms. The van der Waals surface area contributed by atoms with Crippen molar-refractivity contribution in [1.82, 2.24) is 14.2 Å². The highest BCUT2D eigenvalue weighted by atomic mass is 32.1. The Labute approximate surface area is 210 Å². The van der Waals surface area contributed by atoms with Crippen molar-refractivity contribution in [3.8, 4) is 0 Å². The zero-order chi connectivity index (χ0) is 24.2. The van der Waals surface area contributed by atoms with Crippen molar-refractivity contribution in [3.63, 3.8) is 0 Å². The van der Waals surface area contributed by atoms with E-state index >= 15 is 0 Å². The van der Waals surface area contributed by atoms with Crippen molar-refractivity contribution in [1.29, 1.82) is 0 Å². The summed E-state index contributed by atoms with van der Waals surface area (Å²) in [5.74, 6) is 1.26. The Bertz CT molecular complexity index is 1180. The van der Waals surface area contributed by atoms with Crippen LogP contribution in [0.15, 0.2) is 48.5 Å². The number of hydrogen-bond acceptors (Lipinski definition) is 6. The van der Waals surface area contributed by atoms with E-state index in [-0.39, 0.29) is 17.7 Å². The number of fused-ring (bicyclic) bond motifs is 1. The number of nitrogens with zero attached hydrogens (tertiary/aromatic N) is 4. The second-order valence-electron chi connectivity index (χ2n) is 9.55. The lowest BCUT2D eigenvalue weighted by Gasteiger charge is -2.35. The van der Waals surface area contributed by atoms with Gasteiger partial charge in [0.05, 0.1) is 4.70 Å². The number of benzene rings is 2. The monoisotopic (exact) mass is 491 g/mol. The number of piperazine rings is 1. The van der Waals surface area contributed by atoms with Gasteiger partial charge in [-0.05, 0) is 60.6 Å². The summed E-state index contributed by atoms with van der Waals surface area (Å²) < 4.78 is 5.96. The second kappa shape index (κ2) is 10.7. The van der Waals surface area contributed by atoms with Gasteiger partial charge in [0.15, 0.2) is 0 Å². The Morgan fingerprint density at radius 2 is 1.77 bits per heavy atom. The molecule has 2 saturated heterocycles. The molecule has 0 unspecified atom stereocenters. The fourth-order valence-corrected chi connectivity index (χ4v) is 5.87. The van der Waals surface area contributed by atoms with Crippen molar-refractivity contribution >= 4 is 44.9 Å². The minimum atomic E-state index is -0.0274. The average Bonchev–Trinajstić information content (AvgIpc) is 3.32. The summed E-state index contributed by atoms with van der Waals surface area (Å²) in [5.41, 5.74) is 2.10. The number of aromatic nitrogens is 1. The number of anilines is 2. The van der Waals surface area contributed by atoms with Crippen molar-refractivity contribution < 1.29 is 9.59 Å². The molecule has 8 heteroatoms. The third-order valence-corrected chi connectivity index (χ3v) is 8.07. The van der Waals surface area contributed by atoms with Gasteiger partial charge in [0, 0.05) is 69.7 Å². The van der Waals surface area contributed by atoms with Crippen LogP contribution in [0.5, 0.6) is 0 Å². The summed E-state index contributed by atoms with van der Waals surface area (Å²) in [6.07, 6.45) is 2.42. The molecular formula is C27H33N5O2S. The Hall–Kier alpha value is -2.97. The van der Waals surface area contributed by atoms with E-state index in [2.05, 4.69) is 51.5 Å². The predicted molar refractivity (Wildman–Crippen MR) is 142 cm³/mol. The Morgan fingerprint density at radius 3 is 2.54 bits per heavy atom. The largest absolute Gasteiger partial charge is 0.353 e. The molecule has 2 aliphatic heterocycles. The third kappa shape index (κ3) is 5.65. The van der Waals surface area contributed by atoms with Gasteiger partial charge in [-0.25, -0.2) is 0 Å². The number of nitrogens with one attached hydrogen (secondary N) is 1. The first kappa shape index (κ1) is 23.8. The third-order valence-electron chi connectivity index (χ3n) is 7.25. The molecule has 7 nitrogen and oxygen atoms in total. The first-order valence-corrected chi connectivity index (χ1v) is 13.3. The SMILES string of the molecule is CC(=O)N1CCC(C(=O)Nc2cccc(CCN3CCN(c4nsc5ccccc45)CC3)c2)CC1. The van der Waals surface area contributed by atoms with Gasteiger partial charge in [0.2, 0.25) is 11.8 Å². The molecule has 0 saturated carbocycles. The standard InChI is InChI=1S/C27H33N5O2S/c1-20(33)31-13-10-22(11-14-31)27(34)28-23-6-4-5-21(19-23)9-12-30-15-17-32(18-16-30)26-24-7-2-3-8-25(24)35-29-26/h2-8,19,22H,9-18H2,1H3,(H,28,34). The van der Waals surface area contributed by atoms with Gasteiger partial charge in [-0.3, -0.25) is 14.5 Å². The molecule has 0 spiro atoms. The average molecular weight is 492 g/mol. The zero-order valence-corrected chi connectivity index (χ0v) is 21.1.